The van der Waals surface area contributed by atoms with E-state index in [9.17, 15) is 18.9 Å². The Morgan fingerprint density at radius 3 is 2.62 bits per heavy atom. The van der Waals surface area contributed by atoms with Gasteiger partial charge in [-0.3, -0.25) is 27.7 Å². The van der Waals surface area contributed by atoms with E-state index in [0.717, 1.165) is 6.20 Å². The molecule has 1 aromatic carbocycles. The number of esters is 1. The molecule has 0 aliphatic carbocycles. The monoisotopic (exact) mass is 571 g/mol. The molecule has 39 heavy (non-hydrogen) atoms. The number of amides is 1. The normalized spacial score (nSPS) is 26.6. The maximum atomic E-state index is 15.4. The highest BCUT2D eigenvalue weighted by molar-refractivity contribution is 7.48. The minimum absolute atomic E-state index is 0.0834. The lowest BCUT2D eigenvalue weighted by Gasteiger charge is -2.31. The van der Waals surface area contributed by atoms with Crippen LogP contribution in [0.2, 0.25) is 0 Å². The number of anilines is 1. The van der Waals surface area contributed by atoms with E-state index in [1.165, 1.54) is 6.07 Å². The summed E-state index contributed by atoms with van der Waals surface area (Å²) in [6, 6.07) is 9.30. The van der Waals surface area contributed by atoms with Gasteiger partial charge in [-0.05, 0) is 38.5 Å². The molecule has 4 rings (SSSR count). The molecule has 15 heteroatoms. The van der Waals surface area contributed by atoms with Gasteiger partial charge in [0, 0.05) is 11.8 Å². The van der Waals surface area contributed by atoms with Crippen LogP contribution in [0, 0.1) is 5.92 Å². The first-order chi connectivity index (χ1) is 18.4. The van der Waals surface area contributed by atoms with E-state index in [1.807, 2.05) is 0 Å². The zero-order chi connectivity index (χ0) is 28.4. The summed E-state index contributed by atoms with van der Waals surface area (Å²) in [5, 5.41) is 2.42. The molecule has 0 saturated carbocycles. The number of fused-ring (bicyclic) bond motifs is 1. The van der Waals surface area contributed by atoms with Crippen molar-refractivity contribution in [2.45, 2.75) is 57.7 Å². The van der Waals surface area contributed by atoms with Crippen molar-refractivity contribution in [3.05, 3.63) is 58.6 Å². The van der Waals surface area contributed by atoms with Gasteiger partial charge in [-0.1, -0.05) is 25.1 Å². The van der Waals surface area contributed by atoms with Crippen molar-refractivity contribution in [1.82, 2.24) is 9.55 Å². The molecule has 12 nitrogen and oxygen atoms in total. The largest absolute Gasteiger partial charge is 0.475 e. The van der Waals surface area contributed by atoms with E-state index in [0.29, 0.717) is 10.1 Å². The fraction of sp³-hybridized carbons (Fsp3) is 0.500. The predicted octanol–water partition coefficient (Wildman–Crippen LogP) is 3.55. The Labute approximate surface area is 222 Å². The SMILES string of the molecule is CC(C)OC(=O)[C@H](C)CCOP1(=O)OCC2O[C@@H](n3ccc(NC(=O)c4ccccc4)nc3=O)C(F)(F)[C@@H]2O1. The first-order valence-corrected chi connectivity index (χ1v) is 13.6. The molecule has 1 amide bonds. The Balaban J connectivity index is 1.40. The molecule has 0 spiro atoms. The zero-order valence-electron chi connectivity index (χ0n) is 21.3. The van der Waals surface area contributed by atoms with Gasteiger partial charge in [0.2, 0.25) is 6.23 Å². The first kappa shape index (κ1) is 29.0. The van der Waals surface area contributed by atoms with Crippen molar-refractivity contribution >= 4 is 25.5 Å². The Morgan fingerprint density at radius 1 is 1.23 bits per heavy atom. The third-order valence-corrected chi connectivity index (χ3v) is 7.35. The fourth-order valence-corrected chi connectivity index (χ4v) is 5.29. The summed E-state index contributed by atoms with van der Waals surface area (Å²) >= 11 is 0. The second kappa shape index (κ2) is 11.6. The van der Waals surface area contributed by atoms with E-state index in [-0.39, 0.29) is 24.9 Å². The number of aromatic nitrogens is 2. The summed E-state index contributed by atoms with van der Waals surface area (Å²) in [6.07, 6.45) is -4.78. The summed E-state index contributed by atoms with van der Waals surface area (Å²) in [5.41, 5.74) is -0.807. The summed E-state index contributed by atoms with van der Waals surface area (Å²) < 4.78 is 69.9. The van der Waals surface area contributed by atoms with Gasteiger partial charge in [0.25, 0.3) is 5.91 Å². The summed E-state index contributed by atoms with van der Waals surface area (Å²) in [6.45, 7) is 4.14. The summed E-state index contributed by atoms with van der Waals surface area (Å²) in [5.74, 6) is -5.60. The molecule has 2 fully saturated rings. The van der Waals surface area contributed by atoms with Crippen LogP contribution >= 0.6 is 7.82 Å². The van der Waals surface area contributed by atoms with Crippen LogP contribution in [0.5, 0.6) is 0 Å². The number of alkyl halides is 2. The van der Waals surface area contributed by atoms with E-state index in [1.54, 1.807) is 51.1 Å². The molecular formula is C24H28F2N3O9P. The smallest absolute Gasteiger partial charge is 0.463 e. The Bertz CT molecular complexity index is 1310. The number of rotatable bonds is 9. The minimum Gasteiger partial charge on any atom is -0.463 e. The molecule has 0 bridgehead atoms. The highest BCUT2D eigenvalue weighted by atomic mass is 31.2. The van der Waals surface area contributed by atoms with Crippen LogP contribution in [0.4, 0.5) is 14.6 Å². The van der Waals surface area contributed by atoms with Crippen LogP contribution in [-0.4, -0.2) is 58.9 Å². The number of hydrogen-bond acceptors (Lipinski definition) is 10. The highest BCUT2D eigenvalue weighted by Crippen LogP contribution is 2.59. The lowest BCUT2D eigenvalue weighted by atomic mass is 10.1. The Hall–Kier alpha value is -3.03. The van der Waals surface area contributed by atoms with Crippen molar-refractivity contribution in [3.8, 4) is 0 Å². The number of hydrogen-bond donors (Lipinski definition) is 1. The second-order valence-electron chi connectivity index (χ2n) is 9.30. The van der Waals surface area contributed by atoms with Gasteiger partial charge in [0.1, 0.15) is 11.9 Å². The third-order valence-electron chi connectivity index (χ3n) is 5.90. The maximum Gasteiger partial charge on any atom is 0.475 e. The molecule has 2 unspecified atom stereocenters. The van der Waals surface area contributed by atoms with Crippen molar-refractivity contribution in [1.29, 1.82) is 0 Å². The molecule has 2 aliphatic heterocycles. The third kappa shape index (κ3) is 6.59. The van der Waals surface area contributed by atoms with Crippen molar-refractivity contribution in [3.63, 3.8) is 0 Å². The van der Waals surface area contributed by atoms with Crippen molar-refractivity contribution in [2.75, 3.05) is 18.5 Å². The lowest BCUT2D eigenvalue weighted by molar-refractivity contribution is -0.152. The van der Waals surface area contributed by atoms with Crippen LogP contribution in [0.15, 0.2) is 47.4 Å². The number of carbonyl (C=O) groups excluding carboxylic acids is 2. The van der Waals surface area contributed by atoms with E-state index >= 15 is 8.78 Å². The maximum absolute atomic E-state index is 15.4. The molecule has 1 aromatic heterocycles. The zero-order valence-corrected chi connectivity index (χ0v) is 22.2. The second-order valence-corrected chi connectivity index (χ2v) is 10.9. The first-order valence-electron chi connectivity index (χ1n) is 12.2. The van der Waals surface area contributed by atoms with Gasteiger partial charge in [-0.25, -0.2) is 9.36 Å². The average Bonchev–Trinajstić information content (AvgIpc) is 3.13. The van der Waals surface area contributed by atoms with E-state index in [4.69, 9.17) is 23.0 Å². The van der Waals surface area contributed by atoms with Crippen LogP contribution < -0.4 is 11.0 Å². The highest BCUT2D eigenvalue weighted by Gasteiger charge is 2.65. The van der Waals surface area contributed by atoms with E-state index in [2.05, 4.69) is 10.3 Å². The van der Waals surface area contributed by atoms with Gasteiger partial charge >= 0.3 is 25.4 Å². The topological polar surface area (TPSA) is 144 Å². The van der Waals surface area contributed by atoms with Crippen LogP contribution in [0.3, 0.4) is 0 Å². The van der Waals surface area contributed by atoms with Crippen molar-refractivity contribution < 1.29 is 46.0 Å². The molecule has 2 saturated heterocycles. The van der Waals surface area contributed by atoms with Gasteiger partial charge in [0.15, 0.2) is 6.10 Å². The molecule has 0 radical (unpaired) electrons. The average molecular weight is 571 g/mol. The number of nitrogens with zero attached hydrogens (tertiary/aromatic N) is 2. The Kier molecular flexibility index (Phi) is 8.62. The Morgan fingerprint density at radius 2 is 1.95 bits per heavy atom. The van der Waals surface area contributed by atoms with Gasteiger partial charge in [-0.2, -0.15) is 13.8 Å². The van der Waals surface area contributed by atoms with Crippen LogP contribution in [0.25, 0.3) is 0 Å². The van der Waals surface area contributed by atoms with Crippen molar-refractivity contribution in [2.24, 2.45) is 5.92 Å². The molecule has 5 atom stereocenters. The number of phosphoric ester groups is 1. The number of phosphoric acid groups is 1. The molecule has 3 heterocycles. The molecule has 2 aliphatic rings. The number of nitrogens with one attached hydrogen (secondary N) is 1. The lowest BCUT2D eigenvalue weighted by Crippen LogP contribution is -2.45. The summed E-state index contributed by atoms with van der Waals surface area (Å²) in [4.78, 5) is 40.4. The molecule has 2 aromatic rings. The van der Waals surface area contributed by atoms with Crippen LogP contribution in [-0.2, 0) is 32.4 Å². The fourth-order valence-electron chi connectivity index (χ4n) is 3.88. The standard InChI is InChI=1S/C24H28F2N3O9P/c1-14(2)36-21(31)15(3)10-12-34-39(33)35-13-17-19(38-39)24(25,26)22(37-17)29-11-9-18(28-23(29)32)27-20(30)16-7-5-4-6-8-16/h4-9,11,14-15,17,19,22H,10,12-13H2,1-3H3,(H,27,28,30,32)/t15-,17?,19-,22-,39?/m1/s1. The van der Waals surface area contributed by atoms with Gasteiger partial charge in [-0.15, -0.1) is 0 Å². The molecule has 212 valence electrons. The number of carbonyl (C=O) groups is 2. The van der Waals surface area contributed by atoms with E-state index < -0.39 is 62.3 Å². The number of benzene rings is 1. The summed E-state index contributed by atoms with van der Waals surface area (Å²) in [7, 11) is -4.42. The van der Waals surface area contributed by atoms with Gasteiger partial charge < -0.3 is 14.8 Å². The van der Waals surface area contributed by atoms with Gasteiger partial charge in [0.05, 0.1) is 25.2 Å². The minimum atomic E-state index is -4.42. The predicted molar refractivity (Wildman–Crippen MR) is 131 cm³/mol. The van der Waals surface area contributed by atoms with Crippen LogP contribution in [0.1, 0.15) is 43.8 Å². The quantitative estimate of drug-likeness (QED) is 0.351. The molecule has 1 N–H and O–H groups in total. The number of ether oxygens (including phenoxy) is 2. The number of halogens is 2. The molecular weight excluding hydrogens is 543 g/mol.